The summed E-state index contributed by atoms with van der Waals surface area (Å²) >= 11 is 0. The quantitative estimate of drug-likeness (QED) is 0.434. The Hall–Kier alpha value is -1.37. The molecule has 0 aromatic heterocycles. The molecule has 74 valence electrons. The Morgan fingerprint density at radius 3 is 2.86 bits per heavy atom. The van der Waals surface area contributed by atoms with Crippen LogP contribution < -0.4 is 11.3 Å². The van der Waals surface area contributed by atoms with Crippen molar-refractivity contribution in [2.24, 2.45) is 5.84 Å². The molecule has 0 fully saturated rings. The summed E-state index contributed by atoms with van der Waals surface area (Å²) in [6, 6.07) is 4.68. The number of hydrazine groups is 1. The van der Waals surface area contributed by atoms with Crippen LogP contribution in [0.3, 0.4) is 0 Å². The lowest BCUT2D eigenvalue weighted by atomic mass is 10.0. The second-order valence-electron chi connectivity index (χ2n) is 3.15. The highest BCUT2D eigenvalue weighted by Crippen LogP contribution is 2.19. The topological polar surface area (TPSA) is 38.0 Å². The molecule has 3 heteroatoms. The molecule has 0 spiro atoms. The van der Waals surface area contributed by atoms with Gasteiger partial charge in [0.2, 0.25) is 0 Å². The minimum Gasteiger partial charge on any atom is -0.271 e. The van der Waals surface area contributed by atoms with Crippen molar-refractivity contribution >= 4 is 0 Å². The molecule has 1 aromatic rings. The van der Waals surface area contributed by atoms with Crippen LogP contribution in [0.15, 0.2) is 18.2 Å². The van der Waals surface area contributed by atoms with Gasteiger partial charge in [0.15, 0.2) is 0 Å². The first-order valence-corrected chi connectivity index (χ1v) is 4.34. The van der Waals surface area contributed by atoms with E-state index in [1.165, 1.54) is 6.07 Å². The number of halogens is 1. The summed E-state index contributed by atoms with van der Waals surface area (Å²) in [5.74, 6) is 7.46. The molecule has 1 unspecified atom stereocenters. The summed E-state index contributed by atoms with van der Waals surface area (Å²) in [5, 5.41) is 0. The van der Waals surface area contributed by atoms with E-state index < -0.39 is 0 Å². The lowest BCUT2D eigenvalue weighted by molar-refractivity contribution is 0.520. The van der Waals surface area contributed by atoms with Crippen LogP contribution in [-0.4, -0.2) is 0 Å². The van der Waals surface area contributed by atoms with Crippen LogP contribution in [0.25, 0.3) is 0 Å². The maximum Gasteiger partial charge on any atom is 0.128 e. The van der Waals surface area contributed by atoms with Crippen LogP contribution in [-0.2, 0) is 0 Å². The van der Waals surface area contributed by atoms with Gasteiger partial charge in [-0.25, -0.2) is 4.39 Å². The van der Waals surface area contributed by atoms with Gasteiger partial charge in [0, 0.05) is 12.0 Å². The van der Waals surface area contributed by atoms with Crippen LogP contribution in [0.2, 0.25) is 0 Å². The molecular formula is C11H13FN2. The third kappa shape index (κ3) is 2.32. The molecule has 0 amide bonds. The van der Waals surface area contributed by atoms with E-state index in [0.717, 1.165) is 5.56 Å². The number of hydrogen-bond acceptors (Lipinski definition) is 2. The smallest absolute Gasteiger partial charge is 0.128 e. The molecule has 3 N–H and O–H groups in total. The van der Waals surface area contributed by atoms with Crippen molar-refractivity contribution in [3.8, 4) is 12.3 Å². The van der Waals surface area contributed by atoms with Crippen molar-refractivity contribution in [1.29, 1.82) is 0 Å². The summed E-state index contributed by atoms with van der Waals surface area (Å²) < 4.78 is 13.4. The summed E-state index contributed by atoms with van der Waals surface area (Å²) in [7, 11) is 0. The van der Waals surface area contributed by atoms with E-state index >= 15 is 0 Å². The van der Waals surface area contributed by atoms with Crippen molar-refractivity contribution in [3.05, 3.63) is 35.1 Å². The summed E-state index contributed by atoms with van der Waals surface area (Å²) in [5.41, 5.74) is 3.88. The molecule has 0 saturated heterocycles. The van der Waals surface area contributed by atoms with Crippen LogP contribution in [0.4, 0.5) is 4.39 Å². The van der Waals surface area contributed by atoms with E-state index in [9.17, 15) is 4.39 Å². The lowest BCUT2D eigenvalue weighted by Gasteiger charge is -2.14. The van der Waals surface area contributed by atoms with E-state index in [0.29, 0.717) is 12.0 Å². The van der Waals surface area contributed by atoms with Gasteiger partial charge >= 0.3 is 0 Å². The Labute approximate surface area is 83.3 Å². The monoisotopic (exact) mass is 192 g/mol. The fourth-order valence-corrected chi connectivity index (χ4v) is 1.29. The lowest BCUT2D eigenvalue weighted by Crippen LogP contribution is -2.28. The third-order valence-corrected chi connectivity index (χ3v) is 2.05. The van der Waals surface area contributed by atoms with Crippen molar-refractivity contribution in [1.82, 2.24) is 5.43 Å². The molecule has 0 aliphatic rings. The molecule has 0 bridgehead atoms. The van der Waals surface area contributed by atoms with Gasteiger partial charge in [-0.2, -0.15) is 0 Å². The molecule has 1 aromatic carbocycles. The number of benzene rings is 1. The number of hydrogen-bond donors (Lipinski definition) is 2. The van der Waals surface area contributed by atoms with Crippen molar-refractivity contribution in [2.75, 3.05) is 0 Å². The normalized spacial score (nSPS) is 12.1. The zero-order chi connectivity index (χ0) is 10.6. The molecule has 2 nitrogen and oxygen atoms in total. The number of nitrogens with two attached hydrogens (primary N) is 1. The fourth-order valence-electron chi connectivity index (χ4n) is 1.29. The minimum absolute atomic E-state index is 0.275. The van der Waals surface area contributed by atoms with E-state index in [4.69, 9.17) is 12.3 Å². The second-order valence-corrected chi connectivity index (χ2v) is 3.15. The van der Waals surface area contributed by atoms with E-state index in [2.05, 4.69) is 11.3 Å². The number of rotatable bonds is 3. The Balaban J connectivity index is 2.99. The van der Waals surface area contributed by atoms with Gasteiger partial charge in [-0.1, -0.05) is 12.1 Å². The predicted octanol–water partition coefficient (Wildman–Crippen LogP) is 1.66. The van der Waals surface area contributed by atoms with Crippen LogP contribution in [0.5, 0.6) is 0 Å². The highest BCUT2D eigenvalue weighted by molar-refractivity contribution is 5.26. The molecular weight excluding hydrogens is 179 g/mol. The molecule has 0 aliphatic carbocycles. The van der Waals surface area contributed by atoms with Gasteiger partial charge in [0.05, 0.1) is 6.04 Å². The SMILES string of the molecule is C#CCC(NN)c1ccc(C)cc1F. The van der Waals surface area contributed by atoms with Gasteiger partial charge < -0.3 is 0 Å². The Morgan fingerprint density at radius 2 is 2.36 bits per heavy atom. The predicted molar refractivity (Wildman–Crippen MR) is 54.7 cm³/mol. The van der Waals surface area contributed by atoms with Gasteiger partial charge in [0.1, 0.15) is 5.82 Å². The van der Waals surface area contributed by atoms with Gasteiger partial charge in [-0.15, -0.1) is 12.3 Å². The van der Waals surface area contributed by atoms with Gasteiger partial charge in [-0.3, -0.25) is 11.3 Å². The average molecular weight is 192 g/mol. The molecule has 0 aliphatic heterocycles. The Bertz CT molecular complexity index is 355. The molecule has 0 radical (unpaired) electrons. The first-order chi connectivity index (χ1) is 6.69. The van der Waals surface area contributed by atoms with Gasteiger partial charge in [0.25, 0.3) is 0 Å². The van der Waals surface area contributed by atoms with Crippen molar-refractivity contribution in [3.63, 3.8) is 0 Å². The molecule has 0 saturated carbocycles. The number of nitrogens with one attached hydrogen (secondary N) is 1. The number of aryl methyl sites for hydroxylation is 1. The molecule has 14 heavy (non-hydrogen) atoms. The second kappa shape index (κ2) is 4.75. The average Bonchev–Trinajstić information content (AvgIpc) is 2.15. The molecule has 0 heterocycles. The standard InChI is InChI=1S/C11H13FN2/c1-3-4-11(14-13)9-6-5-8(2)7-10(9)12/h1,5-7,11,14H,4,13H2,2H3. The van der Waals surface area contributed by atoms with E-state index in [1.54, 1.807) is 6.07 Å². The summed E-state index contributed by atoms with van der Waals surface area (Å²) in [4.78, 5) is 0. The van der Waals surface area contributed by atoms with E-state index in [1.807, 2.05) is 13.0 Å². The van der Waals surface area contributed by atoms with Crippen molar-refractivity contribution in [2.45, 2.75) is 19.4 Å². The largest absolute Gasteiger partial charge is 0.271 e. The molecule has 1 rings (SSSR count). The maximum atomic E-state index is 13.4. The third-order valence-electron chi connectivity index (χ3n) is 2.05. The highest BCUT2D eigenvalue weighted by atomic mass is 19.1. The van der Waals surface area contributed by atoms with E-state index in [-0.39, 0.29) is 11.9 Å². The molecule has 1 atom stereocenters. The van der Waals surface area contributed by atoms with Crippen LogP contribution in [0.1, 0.15) is 23.6 Å². The Kier molecular flexibility index (Phi) is 3.63. The number of terminal acetylenes is 1. The summed E-state index contributed by atoms with van der Waals surface area (Å²) in [6.07, 6.45) is 5.53. The van der Waals surface area contributed by atoms with Crippen LogP contribution >= 0.6 is 0 Å². The van der Waals surface area contributed by atoms with Crippen LogP contribution in [0, 0.1) is 25.1 Å². The van der Waals surface area contributed by atoms with Crippen molar-refractivity contribution < 1.29 is 4.39 Å². The first kappa shape index (κ1) is 10.7. The summed E-state index contributed by atoms with van der Waals surface area (Å²) in [6.45, 7) is 1.83. The fraction of sp³-hybridized carbons (Fsp3) is 0.273. The van der Waals surface area contributed by atoms with Gasteiger partial charge in [-0.05, 0) is 18.6 Å². The zero-order valence-corrected chi connectivity index (χ0v) is 8.05. The first-order valence-electron chi connectivity index (χ1n) is 4.34. The Morgan fingerprint density at radius 1 is 1.64 bits per heavy atom. The zero-order valence-electron chi connectivity index (χ0n) is 8.05. The maximum absolute atomic E-state index is 13.4. The minimum atomic E-state index is -0.319. The highest BCUT2D eigenvalue weighted by Gasteiger charge is 2.12.